The number of carbonyl (C=O) groups is 1. The summed E-state index contributed by atoms with van der Waals surface area (Å²) >= 11 is 3.47. The van der Waals surface area contributed by atoms with Crippen molar-refractivity contribution >= 4 is 34.1 Å². The molecule has 0 fully saturated rings. The van der Waals surface area contributed by atoms with Crippen molar-refractivity contribution in [2.45, 2.75) is 0 Å². The Bertz CT molecular complexity index is 905. The summed E-state index contributed by atoms with van der Waals surface area (Å²) in [5, 5.41) is 9.51. The van der Waals surface area contributed by atoms with Crippen molar-refractivity contribution in [3.8, 4) is 11.1 Å². The van der Waals surface area contributed by atoms with Gasteiger partial charge in [-0.1, -0.05) is 70.5 Å². The SMILES string of the molecule is O=C(O)c1cc(-c2ccccc2)cnc1/C=C/c1ccccc1Br. The van der Waals surface area contributed by atoms with E-state index in [1.54, 1.807) is 18.3 Å². The predicted octanol–water partition coefficient (Wildman–Crippen LogP) is 5.38. The van der Waals surface area contributed by atoms with E-state index < -0.39 is 5.97 Å². The Morgan fingerprint density at radius 3 is 2.38 bits per heavy atom. The van der Waals surface area contributed by atoms with Crippen LogP contribution < -0.4 is 0 Å². The second kappa shape index (κ2) is 7.23. The lowest BCUT2D eigenvalue weighted by atomic mass is 10.0. The van der Waals surface area contributed by atoms with Crippen molar-refractivity contribution in [3.05, 3.63) is 88.2 Å². The molecule has 1 N–H and O–H groups in total. The van der Waals surface area contributed by atoms with Gasteiger partial charge in [0.1, 0.15) is 0 Å². The van der Waals surface area contributed by atoms with E-state index in [0.717, 1.165) is 21.2 Å². The summed E-state index contributed by atoms with van der Waals surface area (Å²) in [6.07, 6.45) is 5.26. The lowest BCUT2D eigenvalue weighted by Gasteiger charge is -2.06. The van der Waals surface area contributed by atoms with E-state index in [1.165, 1.54) is 0 Å². The highest BCUT2D eigenvalue weighted by Gasteiger charge is 2.11. The molecule has 1 heterocycles. The molecule has 0 atom stereocenters. The number of pyridine rings is 1. The molecule has 1 aromatic heterocycles. The van der Waals surface area contributed by atoms with Gasteiger partial charge in [0.25, 0.3) is 0 Å². The van der Waals surface area contributed by atoms with Crippen LogP contribution in [0.15, 0.2) is 71.3 Å². The summed E-state index contributed by atoms with van der Waals surface area (Å²) in [4.78, 5) is 15.9. The third-order valence-corrected chi connectivity index (χ3v) is 4.30. The van der Waals surface area contributed by atoms with Crippen LogP contribution in [0.4, 0.5) is 0 Å². The van der Waals surface area contributed by atoms with E-state index in [1.807, 2.05) is 60.7 Å². The number of carboxylic acids is 1. The molecule has 0 spiro atoms. The van der Waals surface area contributed by atoms with Crippen LogP contribution in [0.3, 0.4) is 0 Å². The first-order valence-electron chi connectivity index (χ1n) is 7.36. The molecule has 2 aromatic carbocycles. The van der Waals surface area contributed by atoms with Crippen LogP contribution in [0.1, 0.15) is 21.6 Å². The van der Waals surface area contributed by atoms with Gasteiger partial charge >= 0.3 is 5.97 Å². The first kappa shape index (κ1) is 16.1. The summed E-state index contributed by atoms with van der Waals surface area (Å²) < 4.78 is 0.944. The molecule has 0 aliphatic heterocycles. The van der Waals surface area contributed by atoms with E-state index >= 15 is 0 Å². The van der Waals surface area contributed by atoms with Gasteiger partial charge in [-0.05, 0) is 29.3 Å². The molecule has 0 amide bonds. The fourth-order valence-electron chi connectivity index (χ4n) is 2.35. The molecule has 24 heavy (non-hydrogen) atoms. The second-order valence-electron chi connectivity index (χ2n) is 5.18. The van der Waals surface area contributed by atoms with Crippen molar-refractivity contribution in [2.75, 3.05) is 0 Å². The molecule has 0 saturated carbocycles. The minimum atomic E-state index is -0.993. The average molecular weight is 380 g/mol. The zero-order valence-corrected chi connectivity index (χ0v) is 14.3. The van der Waals surface area contributed by atoms with Gasteiger partial charge < -0.3 is 5.11 Å². The maximum atomic E-state index is 11.6. The highest BCUT2D eigenvalue weighted by Crippen LogP contribution is 2.23. The summed E-state index contributed by atoms with van der Waals surface area (Å²) in [5.41, 5.74) is 3.29. The van der Waals surface area contributed by atoms with Crippen LogP contribution in [0, 0.1) is 0 Å². The van der Waals surface area contributed by atoms with E-state index in [-0.39, 0.29) is 5.56 Å². The van der Waals surface area contributed by atoms with Gasteiger partial charge in [-0.2, -0.15) is 0 Å². The van der Waals surface area contributed by atoms with E-state index in [4.69, 9.17) is 0 Å². The first-order chi connectivity index (χ1) is 11.6. The van der Waals surface area contributed by atoms with Crippen LogP contribution in [-0.4, -0.2) is 16.1 Å². The highest BCUT2D eigenvalue weighted by atomic mass is 79.9. The number of carboxylic acid groups (broad SMARTS) is 1. The Kier molecular flexibility index (Phi) is 4.87. The predicted molar refractivity (Wildman–Crippen MR) is 99.7 cm³/mol. The van der Waals surface area contributed by atoms with Crippen molar-refractivity contribution < 1.29 is 9.90 Å². The van der Waals surface area contributed by atoms with E-state index in [9.17, 15) is 9.90 Å². The van der Waals surface area contributed by atoms with E-state index in [0.29, 0.717) is 5.69 Å². The normalized spacial score (nSPS) is 10.9. The third-order valence-electron chi connectivity index (χ3n) is 3.58. The Morgan fingerprint density at radius 2 is 1.67 bits per heavy atom. The molecule has 4 heteroatoms. The number of nitrogens with zero attached hydrogens (tertiary/aromatic N) is 1. The number of halogens is 1. The summed E-state index contributed by atoms with van der Waals surface area (Å²) in [6.45, 7) is 0. The van der Waals surface area contributed by atoms with Crippen molar-refractivity contribution in [1.29, 1.82) is 0 Å². The Labute approximate surface area is 148 Å². The summed E-state index contributed by atoms with van der Waals surface area (Å²) in [5.74, 6) is -0.993. The molecular formula is C20H14BrNO2. The minimum Gasteiger partial charge on any atom is -0.478 e. The smallest absolute Gasteiger partial charge is 0.337 e. The molecule has 0 radical (unpaired) electrons. The van der Waals surface area contributed by atoms with Crippen LogP contribution >= 0.6 is 15.9 Å². The standard InChI is InChI=1S/C20H14BrNO2/c21-18-9-5-4-8-15(18)10-11-19-17(20(23)24)12-16(13-22-19)14-6-2-1-3-7-14/h1-13H,(H,23,24)/b11-10+. The van der Waals surface area contributed by atoms with Gasteiger partial charge in [-0.3, -0.25) is 4.98 Å². The lowest BCUT2D eigenvalue weighted by Crippen LogP contribution is -2.02. The van der Waals surface area contributed by atoms with Gasteiger partial charge in [0.05, 0.1) is 11.3 Å². The van der Waals surface area contributed by atoms with Gasteiger partial charge in [-0.25, -0.2) is 4.79 Å². The monoisotopic (exact) mass is 379 g/mol. The molecule has 0 unspecified atom stereocenters. The number of hydrogen-bond donors (Lipinski definition) is 1. The molecule has 3 nitrogen and oxygen atoms in total. The maximum Gasteiger partial charge on any atom is 0.337 e. The Hall–Kier alpha value is -2.72. The number of aromatic nitrogens is 1. The third kappa shape index (κ3) is 3.60. The number of benzene rings is 2. The van der Waals surface area contributed by atoms with Crippen LogP contribution in [0.25, 0.3) is 23.3 Å². The first-order valence-corrected chi connectivity index (χ1v) is 8.16. The van der Waals surface area contributed by atoms with Crippen LogP contribution in [0.2, 0.25) is 0 Å². The molecule has 118 valence electrons. The highest BCUT2D eigenvalue weighted by molar-refractivity contribution is 9.10. The van der Waals surface area contributed by atoms with Crippen molar-refractivity contribution in [1.82, 2.24) is 4.98 Å². The summed E-state index contributed by atoms with van der Waals surface area (Å²) in [6, 6.07) is 19.0. The number of hydrogen-bond acceptors (Lipinski definition) is 2. The van der Waals surface area contributed by atoms with E-state index in [2.05, 4.69) is 20.9 Å². The average Bonchev–Trinajstić information content (AvgIpc) is 2.61. The van der Waals surface area contributed by atoms with Gasteiger partial charge in [0.2, 0.25) is 0 Å². The molecule has 0 saturated heterocycles. The van der Waals surface area contributed by atoms with Crippen molar-refractivity contribution in [2.24, 2.45) is 0 Å². The number of aromatic carboxylic acids is 1. The second-order valence-corrected chi connectivity index (χ2v) is 6.04. The fraction of sp³-hybridized carbons (Fsp3) is 0. The van der Waals surface area contributed by atoms with Crippen molar-refractivity contribution in [3.63, 3.8) is 0 Å². The molecule has 3 aromatic rings. The van der Waals surface area contributed by atoms with Gasteiger partial charge in [0.15, 0.2) is 0 Å². The Balaban J connectivity index is 2.00. The largest absolute Gasteiger partial charge is 0.478 e. The quantitative estimate of drug-likeness (QED) is 0.661. The summed E-state index contributed by atoms with van der Waals surface area (Å²) in [7, 11) is 0. The molecule has 0 aliphatic carbocycles. The zero-order chi connectivity index (χ0) is 16.9. The number of rotatable bonds is 4. The molecule has 0 bridgehead atoms. The van der Waals surface area contributed by atoms with Gasteiger partial charge in [-0.15, -0.1) is 0 Å². The van der Waals surface area contributed by atoms with Crippen LogP contribution in [0.5, 0.6) is 0 Å². The zero-order valence-electron chi connectivity index (χ0n) is 12.7. The Morgan fingerprint density at radius 1 is 0.958 bits per heavy atom. The minimum absolute atomic E-state index is 0.180. The molecule has 0 aliphatic rings. The molecule has 3 rings (SSSR count). The fourth-order valence-corrected chi connectivity index (χ4v) is 2.76. The lowest BCUT2D eigenvalue weighted by molar-refractivity contribution is 0.0696. The maximum absolute atomic E-state index is 11.6. The molecular weight excluding hydrogens is 366 g/mol. The topological polar surface area (TPSA) is 50.2 Å². The van der Waals surface area contributed by atoms with Crippen LogP contribution in [-0.2, 0) is 0 Å². The van der Waals surface area contributed by atoms with Gasteiger partial charge in [0, 0.05) is 16.2 Å².